The lowest BCUT2D eigenvalue weighted by Crippen LogP contribution is -2.17. The lowest BCUT2D eigenvalue weighted by Gasteiger charge is -2.06. The number of nitrogens with one attached hydrogen (secondary N) is 1. The number of nitrogens with zero attached hydrogens (tertiary/aromatic N) is 3. The molecule has 0 saturated carbocycles. The van der Waals surface area contributed by atoms with E-state index in [2.05, 4.69) is 15.3 Å². The van der Waals surface area contributed by atoms with Gasteiger partial charge in [-0.05, 0) is 23.8 Å². The predicted molar refractivity (Wildman–Crippen MR) is 90.2 cm³/mol. The standard InChI is InChI=1S/C15H14N4S2/c20-15(17-9-12-4-3-6-16-8-12)21-11-13-10-19-7-2-1-5-14(19)18-13/h1-8,10H,9,11H2,(H,17,20). The van der Waals surface area contributed by atoms with Gasteiger partial charge in [-0.25, -0.2) is 4.98 Å². The van der Waals surface area contributed by atoms with Crippen molar-refractivity contribution < 1.29 is 0 Å². The van der Waals surface area contributed by atoms with Crippen molar-refractivity contribution in [3.63, 3.8) is 0 Å². The summed E-state index contributed by atoms with van der Waals surface area (Å²) in [6.07, 6.45) is 7.63. The molecule has 106 valence electrons. The summed E-state index contributed by atoms with van der Waals surface area (Å²) in [5.74, 6) is 0.764. The molecular weight excluding hydrogens is 300 g/mol. The summed E-state index contributed by atoms with van der Waals surface area (Å²) < 4.78 is 2.79. The minimum Gasteiger partial charge on any atom is -0.367 e. The van der Waals surface area contributed by atoms with Crippen molar-refractivity contribution in [3.8, 4) is 0 Å². The van der Waals surface area contributed by atoms with E-state index < -0.39 is 0 Å². The SMILES string of the molecule is S=C(NCc1cccnc1)SCc1cn2ccccc2n1. The van der Waals surface area contributed by atoms with Gasteiger partial charge in [-0.2, -0.15) is 0 Å². The summed E-state index contributed by atoms with van der Waals surface area (Å²) in [5.41, 5.74) is 3.10. The molecule has 0 atom stereocenters. The van der Waals surface area contributed by atoms with Crippen molar-refractivity contribution in [3.05, 3.63) is 66.4 Å². The highest BCUT2D eigenvalue weighted by atomic mass is 32.2. The first kappa shape index (κ1) is 14.0. The molecule has 0 aromatic carbocycles. The fourth-order valence-corrected chi connectivity index (χ4v) is 2.77. The van der Waals surface area contributed by atoms with E-state index in [1.54, 1.807) is 18.0 Å². The second kappa shape index (κ2) is 6.69. The Labute approximate surface area is 132 Å². The van der Waals surface area contributed by atoms with Gasteiger partial charge in [-0.1, -0.05) is 36.1 Å². The van der Waals surface area contributed by atoms with Crippen LogP contribution in [0, 0.1) is 0 Å². The Kier molecular flexibility index (Phi) is 4.47. The number of thiocarbonyl (C=S) groups is 1. The van der Waals surface area contributed by atoms with Crippen molar-refractivity contribution in [2.45, 2.75) is 12.3 Å². The van der Waals surface area contributed by atoms with Gasteiger partial charge < -0.3 is 9.72 Å². The number of rotatable bonds is 4. The van der Waals surface area contributed by atoms with Gasteiger partial charge >= 0.3 is 0 Å². The fourth-order valence-electron chi connectivity index (χ4n) is 1.92. The Morgan fingerprint density at radius 2 is 2.24 bits per heavy atom. The Hall–Kier alpha value is -1.92. The largest absolute Gasteiger partial charge is 0.367 e. The lowest BCUT2D eigenvalue weighted by molar-refractivity contribution is 0.929. The molecule has 21 heavy (non-hydrogen) atoms. The molecule has 6 heteroatoms. The quantitative estimate of drug-likeness (QED) is 0.750. The van der Waals surface area contributed by atoms with Crippen LogP contribution in [0.3, 0.4) is 0 Å². The van der Waals surface area contributed by atoms with Crippen LogP contribution in [-0.2, 0) is 12.3 Å². The number of hydrogen-bond donors (Lipinski definition) is 1. The molecule has 3 rings (SSSR count). The zero-order chi connectivity index (χ0) is 14.5. The number of hydrogen-bond acceptors (Lipinski definition) is 4. The van der Waals surface area contributed by atoms with Gasteiger partial charge in [0.2, 0.25) is 0 Å². The van der Waals surface area contributed by atoms with Gasteiger partial charge in [0.1, 0.15) is 9.97 Å². The van der Waals surface area contributed by atoms with Crippen LogP contribution in [0.25, 0.3) is 5.65 Å². The average molecular weight is 314 g/mol. The second-order valence-electron chi connectivity index (χ2n) is 4.49. The van der Waals surface area contributed by atoms with Crippen LogP contribution < -0.4 is 5.32 Å². The summed E-state index contributed by atoms with van der Waals surface area (Å²) in [6.45, 7) is 0.699. The number of thioether (sulfide) groups is 1. The van der Waals surface area contributed by atoms with E-state index >= 15 is 0 Å². The van der Waals surface area contributed by atoms with Crippen LogP contribution in [0.1, 0.15) is 11.3 Å². The third kappa shape index (κ3) is 3.80. The normalized spacial score (nSPS) is 10.7. The molecular formula is C15H14N4S2. The summed E-state index contributed by atoms with van der Waals surface area (Å²) in [6, 6.07) is 9.91. The highest BCUT2D eigenvalue weighted by Crippen LogP contribution is 2.14. The van der Waals surface area contributed by atoms with Gasteiger partial charge in [0, 0.05) is 37.1 Å². The molecule has 1 N–H and O–H groups in total. The van der Waals surface area contributed by atoms with Crippen molar-refractivity contribution in [1.29, 1.82) is 0 Å². The fraction of sp³-hybridized carbons (Fsp3) is 0.133. The van der Waals surface area contributed by atoms with Crippen molar-refractivity contribution in [1.82, 2.24) is 19.7 Å². The van der Waals surface area contributed by atoms with Crippen molar-refractivity contribution in [2.24, 2.45) is 0 Å². The Morgan fingerprint density at radius 1 is 1.29 bits per heavy atom. The first-order valence-electron chi connectivity index (χ1n) is 6.53. The van der Waals surface area contributed by atoms with Crippen LogP contribution in [0.15, 0.2) is 55.1 Å². The van der Waals surface area contributed by atoms with Gasteiger partial charge in [0.05, 0.1) is 5.69 Å². The van der Waals surface area contributed by atoms with E-state index in [4.69, 9.17) is 12.2 Å². The number of pyridine rings is 2. The van der Waals surface area contributed by atoms with Crippen LogP contribution in [0.5, 0.6) is 0 Å². The molecule has 4 nitrogen and oxygen atoms in total. The monoisotopic (exact) mass is 314 g/mol. The minimum absolute atomic E-state index is 0.699. The Balaban J connectivity index is 1.51. The zero-order valence-electron chi connectivity index (χ0n) is 11.3. The Morgan fingerprint density at radius 3 is 3.05 bits per heavy atom. The van der Waals surface area contributed by atoms with E-state index in [0.29, 0.717) is 6.54 Å². The van der Waals surface area contributed by atoms with Gasteiger partial charge in [0.15, 0.2) is 0 Å². The minimum atomic E-state index is 0.699. The molecule has 3 aromatic rings. The highest BCUT2D eigenvalue weighted by molar-refractivity contribution is 8.22. The number of aromatic nitrogens is 3. The van der Waals surface area contributed by atoms with Crippen LogP contribution in [-0.4, -0.2) is 18.7 Å². The lowest BCUT2D eigenvalue weighted by atomic mass is 10.3. The first-order valence-corrected chi connectivity index (χ1v) is 7.93. The molecule has 0 radical (unpaired) electrons. The van der Waals surface area contributed by atoms with Crippen molar-refractivity contribution >= 4 is 33.9 Å². The summed E-state index contributed by atoms with van der Waals surface area (Å²) in [7, 11) is 0. The predicted octanol–water partition coefficient (Wildman–Crippen LogP) is 3.04. The molecule has 3 aromatic heterocycles. The molecule has 0 aliphatic carbocycles. The maximum Gasteiger partial charge on any atom is 0.137 e. The first-order chi connectivity index (χ1) is 10.3. The molecule has 0 aliphatic heterocycles. The summed E-state index contributed by atoms with van der Waals surface area (Å²) in [4.78, 5) is 8.63. The third-order valence-corrected chi connectivity index (χ3v) is 4.27. The molecule has 0 amide bonds. The maximum atomic E-state index is 5.33. The molecule has 3 heterocycles. The molecule has 0 saturated heterocycles. The van der Waals surface area contributed by atoms with Gasteiger partial charge in [0.25, 0.3) is 0 Å². The molecule has 0 spiro atoms. The van der Waals surface area contributed by atoms with Crippen LogP contribution >= 0.6 is 24.0 Å². The van der Waals surface area contributed by atoms with E-state index in [0.717, 1.165) is 27.0 Å². The third-order valence-electron chi connectivity index (χ3n) is 2.92. The highest BCUT2D eigenvalue weighted by Gasteiger charge is 2.03. The second-order valence-corrected chi connectivity index (χ2v) is 6.14. The summed E-state index contributed by atoms with van der Waals surface area (Å²) in [5, 5.41) is 3.22. The van der Waals surface area contributed by atoms with Gasteiger partial charge in [-0.15, -0.1) is 0 Å². The average Bonchev–Trinajstić information content (AvgIpc) is 2.95. The van der Waals surface area contributed by atoms with Crippen molar-refractivity contribution in [2.75, 3.05) is 0 Å². The molecule has 0 bridgehead atoms. The van der Waals surface area contributed by atoms with Crippen LogP contribution in [0.2, 0.25) is 0 Å². The number of fused-ring (bicyclic) bond motifs is 1. The molecule has 0 unspecified atom stereocenters. The maximum absolute atomic E-state index is 5.33. The van der Waals surface area contributed by atoms with E-state index in [9.17, 15) is 0 Å². The van der Waals surface area contributed by atoms with E-state index in [-0.39, 0.29) is 0 Å². The van der Waals surface area contributed by atoms with Crippen LogP contribution in [0.4, 0.5) is 0 Å². The van der Waals surface area contributed by atoms with Gasteiger partial charge in [-0.3, -0.25) is 4.98 Å². The van der Waals surface area contributed by atoms with E-state index in [1.165, 1.54) is 0 Å². The Bertz CT molecular complexity index is 707. The summed E-state index contributed by atoms with van der Waals surface area (Å²) >= 11 is 6.92. The zero-order valence-corrected chi connectivity index (χ0v) is 12.9. The molecule has 0 aliphatic rings. The smallest absolute Gasteiger partial charge is 0.137 e. The number of imidazole rings is 1. The van der Waals surface area contributed by atoms with E-state index in [1.807, 2.05) is 53.3 Å². The molecule has 0 fully saturated rings. The topological polar surface area (TPSA) is 42.2 Å².